The molecule has 1 rings (SSSR count). The van der Waals surface area contributed by atoms with Gasteiger partial charge < -0.3 is 20.5 Å². The minimum atomic E-state index is -0.932. The molecule has 0 radical (unpaired) electrons. The van der Waals surface area contributed by atoms with Crippen molar-refractivity contribution < 1.29 is 10.0 Å². The number of rotatable bonds is 4. The van der Waals surface area contributed by atoms with Gasteiger partial charge in [0.15, 0.2) is 0 Å². The van der Waals surface area contributed by atoms with Crippen molar-refractivity contribution in [1.82, 2.24) is 9.55 Å². The highest BCUT2D eigenvalue weighted by molar-refractivity contribution is 5.52. The van der Waals surface area contributed by atoms with Gasteiger partial charge in [0.05, 0.1) is 5.60 Å². The van der Waals surface area contributed by atoms with E-state index in [1.54, 1.807) is 20.9 Å². The molecule has 0 bridgehead atoms. The highest BCUT2D eigenvalue weighted by atomic mass is 16.6. The largest absolute Gasteiger partial charge is 0.406 e. The minimum Gasteiger partial charge on any atom is -0.389 e. The Bertz CT molecular complexity index is 366. The quantitative estimate of drug-likeness (QED) is 0.562. The first-order valence-electron chi connectivity index (χ1n) is 4.43. The molecule has 0 unspecified atom stereocenters. The van der Waals surface area contributed by atoms with Gasteiger partial charge in [-0.2, -0.15) is 0 Å². The molecule has 1 aromatic rings. The first-order valence-corrected chi connectivity index (χ1v) is 4.43. The van der Waals surface area contributed by atoms with Crippen LogP contribution in [0.15, 0.2) is 6.33 Å². The molecule has 84 valence electrons. The number of nitro groups is 1. The van der Waals surface area contributed by atoms with E-state index in [1.165, 1.54) is 10.9 Å². The summed E-state index contributed by atoms with van der Waals surface area (Å²) < 4.78 is 1.50. The highest BCUT2D eigenvalue weighted by Crippen LogP contribution is 2.21. The molecule has 0 aliphatic heterocycles. The fourth-order valence-electron chi connectivity index (χ4n) is 1.06. The lowest BCUT2D eigenvalue weighted by molar-refractivity contribution is -0.388. The van der Waals surface area contributed by atoms with Gasteiger partial charge in [0, 0.05) is 13.6 Å². The monoisotopic (exact) mass is 214 g/mol. The third kappa shape index (κ3) is 2.91. The predicted octanol–water partition coefficient (Wildman–Crippen LogP) is 0.511. The maximum atomic E-state index is 10.6. The Hall–Kier alpha value is -1.63. The van der Waals surface area contributed by atoms with Crippen molar-refractivity contribution in [3.63, 3.8) is 0 Å². The Morgan fingerprint density at radius 1 is 1.73 bits per heavy atom. The zero-order valence-electron chi connectivity index (χ0n) is 8.89. The third-order valence-electron chi connectivity index (χ3n) is 1.78. The van der Waals surface area contributed by atoms with E-state index in [9.17, 15) is 15.2 Å². The van der Waals surface area contributed by atoms with Gasteiger partial charge in [0.1, 0.15) is 0 Å². The van der Waals surface area contributed by atoms with E-state index in [0.717, 1.165) is 0 Å². The summed E-state index contributed by atoms with van der Waals surface area (Å²) in [4.78, 5) is 13.7. The van der Waals surface area contributed by atoms with Gasteiger partial charge in [-0.15, -0.1) is 0 Å². The lowest BCUT2D eigenvalue weighted by Gasteiger charge is -2.17. The molecule has 0 spiro atoms. The summed E-state index contributed by atoms with van der Waals surface area (Å²) in [5.74, 6) is 0.0591. The molecule has 0 fully saturated rings. The van der Waals surface area contributed by atoms with Gasteiger partial charge in [-0.25, -0.2) is 0 Å². The summed E-state index contributed by atoms with van der Waals surface area (Å²) in [5.41, 5.74) is -0.932. The van der Waals surface area contributed by atoms with Crippen LogP contribution in [0, 0.1) is 10.1 Å². The number of hydrogen-bond donors (Lipinski definition) is 2. The van der Waals surface area contributed by atoms with Crippen molar-refractivity contribution in [2.24, 2.45) is 7.05 Å². The van der Waals surface area contributed by atoms with Crippen LogP contribution >= 0.6 is 0 Å². The zero-order valence-corrected chi connectivity index (χ0v) is 8.89. The van der Waals surface area contributed by atoms with Crippen LogP contribution in [-0.4, -0.2) is 31.7 Å². The van der Waals surface area contributed by atoms with Crippen molar-refractivity contribution in [2.75, 3.05) is 11.9 Å². The van der Waals surface area contributed by atoms with E-state index in [2.05, 4.69) is 10.3 Å². The summed E-state index contributed by atoms with van der Waals surface area (Å²) in [6.45, 7) is 3.44. The number of imidazole rings is 1. The predicted molar refractivity (Wildman–Crippen MR) is 54.6 cm³/mol. The van der Waals surface area contributed by atoms with Crippen LogP contribution in [-0.2, 0) is 7.05 Å². The standard InChI is InChI=1S/C8H14N4O3/c1-8(2,13)4-9-6-7(12(14)15)10-5-11(6)3/h5,9,13H,4H2,1-3H3. The van der Waals surface area contributed by atoms with Crippen LogP contribution in [0.1, 0.15) is 13.8 Å². The Morgan fingerprint density at radius 2 is 2.33 bits per heavy atom. The third-order valence-corrected chi connectivity index (χ3v) is 1.78. The van der Waals surface area contributed by atoms with Crippen molar-refractivity contribution >= 4 is 11.6 Å². The number of nitrogens with one attached hydrogen (secondary N) is 1. The number of nitrogens with zero attached hydrogens (tertiary/aromatic N) is 3. The molecule has 0 aliphatic carbocycles. The fraction of sp³-hybridized carbons (Fsp3) is 0.625. The van der Waals surface area contributed by atoms with Gasteiger partial charge in [-0.05, 0) is 23.8 Å². The lowest BCUT2D eigenvalue weighted by Crippen LogP contribution is -2.30. The summed E-state index contributed by atoms with van der Waals surface area (Å²) in [5, 5.41) is 22.9. The molecule has 1 heterocycles. The minimum absolute atomic E-state index is 0.216. The SMILES string of the molecule is Cn1cnc([N+](=O)[O-])c1NCC(C)(C)O. The average Bonchev–Trinajstić information content (AvgIpc) is 2.42. The van der Waals surface area contributed by atoms with Gasteiger partial charge in [0.2, 0.25) is 12.1 Å². The molecule has 0 atom stereocenters. The number of aryl methyl sites for hydroxylation is 1. The van der Waals surface area contributed by atoms with Crippen LogP contribution in [0.25, 0.3) is 0 Å². The summed E-state index contributed by atoms with van der Waals surface area (Å²) in [6.07, 6.45) is 1.35. The van der Waals surface area contributed by atoms with E-state index in [0.29, 0.717) is 5.82 Å². The number of anilines is 1. The first-order chi connectivity index (χ1) is 6.81. The lowest BCUT2D eigenvalue weighted by atomic mass is 10.1. The second-order valence-corrected chi connectivity index (χ2v) is 3.95. The van der Waals surface area contributed by atoms with E-state index in [4.69, 9.17) is 0 Å². The maximum absolute atomic E-state index is 10.6. The van der Waals surface area contributed by atoms with Gasteiger partial charge in [0.25, 0.3) is 0 Å². The molecule has 0 saturated heterocycles. The van der Waals surface area contributed by atoms with Crippen molar-refractivity contribution in [3.05, 3.63) is 16.4 Å². The van der Waals surface area contributed by atoms with Gasteiger partial charge in [-0.3, -0.25) is 4.57 Å². The van der Waals surface area contributed by atoms with Crippen LogP contribution < -0.4 is 5.32 Å². The molecular formula is C8H14N4O3. The molecule has 15 heavy (non-hydrogen) atoms. The summed E-state index contributed by atoms with van der Waals surface area (Å²) in [6, 6.07) is 0. The first kappa shape index (κ1) is 11.4. The van der Waals surface area contributed by atoms with Crippen molar-refractivity contribution in [3.8, 4) is 0 Å². The molecule has 0 aromatic carbocycles. The van der Waals surface area contributed by atoms with Crippen molar-refractivity contribution in [1.29, 1.82) is 0 Å². The average molecular weight is 214 g/mol. The molecule has 7 heteroatoms. The Morgan fingerprint density at radius 3 is 2.80 bits per heavy atom. The zero-order chi connectivity index (χ0) is 11.6. The summed E-state index contributed by atoms with van der Waals surface area (Å²) in [7, 11) is 1.65. The Labute approximate surface area is 86.9 Å². The molecule has 2 N–H and O–H groups in total. The van der Waals surface area contributed by atoms with E-state index in [-0.39, 0.29) is 12.4 Å². The molecule has 7 nitrogen and oxygen atoms in total. The van der Waals surface area contributed by atoms with Crippen molar-refractivity contribution in [2.45, 2.75) is 19.4 Å². The molecule has 0 amide bonds. The van der Waals surface area contributed by atoms with E-state index >= 15 is 0 Å². The second kappa shape index (κ2) is 3.85. The second-order valence-electron chi connectivity index (χ2n) is 3.95. The van der Waals surface area contributed by atoms with E-state index in [1.807, 2.05) is 0 Å². The normalized spacial score (nSPS) is 11.5. The van der Waals surface area contributed by atoms with Crippen LogP contribution in [0.4, 0.5) is 11.6 Å². The Kier molecular flexibility index (Phi) is 2.94. The number of aromatic nitrogens is 2. The van der Waals surface area contributed by atoms with Crippen LogP contribution in [0.5, 0.6) is 0 Å². The van der Waals surface area contributed by atoms with Gasteiger partial charge >= 0.3 is 5.82 Å². The smallest absolute Gasteiger partial charge is 0.389 e. The molecule has 1 aromatic heterocycles. The number of hydrogen-bond acceptors (Lipinski definition) is 5. The summed E-state index contributed by atoms with van der Waals surface area (Å²) >= 11 is 0. The Balaban J connectivity index is 2.84. The molecule has 0 aliphatic rings. The van der Waals surface area contributed by atoms with Crippen LogP contribution in [0.2, 0.25) is 0 Å². The van der Waals surface area contributed by atoms with Gasteiger partial charge in [-0.1, -0.05) is 0 Å². The fourth-order valence-corrected chi connectivity index (χ4v) is 1.06. The molecule has 0 saturated carbocycles. The van der Waals surface area contributed by atoms with Crippen LogP contribution in [0.3, 0.4) is 0 Å². The maximum Gasteiger partial charge on any atom is 0.406 e. The highest BCUT2D eigenvalue weighted by Gasteiger charge is 2.22. The van der Waals surface area contributed by atoms with E-state index < -0.39 is 10.5 Å². The molecular weight excluding hydrogens is 200 g/mol. The topological polar surface area (TPSA) is 93.2 Å². The number of aliphatic hydroxyl groups is 1.